The van der Waals surface area contributed by atoms with E-state index < -0.39 is 17.2 Å². The summed E-state index contributed by atoms with van der Waals surface area (Å²) < 4.78 is 1.23. The molecule has 1 aromatic heterocycles. The van der Waals surface area contributed by atoms with Gasteiger partial charge in [0.2, 0.25) is 17.7 Å². The number of imide groups is 1. The molecule has 0 unspecified atom stereocenters. The Morgan fingerprint density at radius 3 is 2.30 bits per heavy atom. The Bertz CT molecular complexity index is 982. The minimum absolute atomic E-state index is 0.0544. The maximum absolute atomic E-state index is 12.7. The van der Waals surface area contributed by atoms with Gasteiger partial charge in [-0.2, -0.15) is 0 Å². The Hall–Kier alpha value is -3.17. The Morgan fingerprint density at radius 2 is 1.73 bits per heavy atom. The highest BCUT2D eigenvalue weighted by Crippen LogP contribution is 2.35. The average Bonchev–Trinajstić information content (AvgIpc) is 2.96. The van der Waals surface area contributed by atoms with Gasteiger partial charge in [-0.05, 0) is 19.3 Å². The van der Waals surface area contributed by atoms with Gasteiger partial charge in [-0.1, -0.05) is 25.5 Å². The first-order valence-corrected chi connectivity index (χ1v) is 10.2. The van der Waals surface area contributed by atoms with Crippen LogP contribution in [0.2, 0.25) is 0 Å². The molecule has 1 saturated heterocycles. The number of hydrogen-bond acceptors (Lipinski definition) is 6. The molecule has 2 aliphatic rings. The maximum Gasteiger partial charge on any atom is 0.330 e. The fourth-order valence-corrected chi connectivity index (χ4v) is 4.03. The molecule has 0 spiro atoms. The third kappa shape index (κ3) is 3.81. The van der Waals surface area contributed by atoms with Gasteiger partial charge >= 0.3 is 5.69 Å². The lowest BCUT2D eigenvalue weighted by atomic mass is 9.85. The number of rotatable bonds is 7. The highest BCUT2D eigenvalue weighted by molar-refractivity contribution is 6.06. The van der Waals surface area contributed by atoms with E-state index in [4.69, 9.17) is 5.73 Å². The van der Waals surface area contributed by atoms with Crippen molar-refractivity contribution in [3.63, 3.8) is 0 Å². The number of nitrogens with zero attached hydrogens (tertiary/aromatic N) is 3. The number of hydrogen-bond donors (Lipinski definition) is 2. The van der Waals surface area contributed by atoms with Crippen LogP contribution in [0.15, 0.2) is 21.7 Å². The lowest BCUT2D eigenvalue weighted by molar-refractivity contribution is -0.140. The zero-order chi connectivity index (χ0) is 22.0. The minimum atomic E-state index is -0.758. The summed E-state index contributed by atoms with van der Waals surface area (Å²) in [6, 6.07) is 0. The molecular weight excluding hydrogens is 390 g/mol. The summed E-state index contributed by atoms with van der Waals surface area (Å²) in [5.41, 5.74) is 4.53. The zero-order valence-electron chi connectivity index (χ0n) is 17.2. The van der Waals surface area contributed by atoms with Crippen molar-refractivity contribution < 1.29 is 14.4 Å². The van der Waals surface area contributed by atoms with Gasteiger partial charge in [0.25, 0.3) is 5.56 Å². The Labute approximate surface area is 173 Å². The van der Waals surface area contributed by atoms with Crippen molar-refractivity contribution in [1.82, 2.24) is 14.5 Å². The topological polar surface area (TPSA) is 139 Å². The summed E-state index contributed by atoms with van der Waals surface area (Å²) in [6.45, 7) is 2.22. The molecule has 10 heteroatoms. The predicted molar refractivity (Wildman–Crippen MR) is 111 cm³/mol. The number of H-pyrrole nitrogens is 1. The summed E-state index contributed by atoms with van der Waals surface area (Å²) in [7, 11) is 1.38. The van der Waals surface area contributed by atoms with Crippen molar-refractivity contribution >= 4 is 29.2 Å². The number of allylic oxidation sites excluding steroid dienone is 2. The van der Waals surface area contributed by atoms with Crippen LogP contribution in [0.3, 0.4) is 0 Å². The molecule has 1 fully saturated rings. The van der Waals surface area contributed by atoms with Gasteiger partial charge in [-0.25, -0.2) is 4.79 Å². The van der Waals surface area contributed by atoms with Crippen molar-refractivity contribution in [3.8, 4) is 0 Å². The SMILES string of the molecule is CCCCn1c(N)c(N(C)C(=O)CCN2C(=O)[C@H]3CC=CC[C@H]3C2=O)c(=O)[nH]c1=O. The molecule has 10 nitrogen and oxygen atoms in total. The van der Waals surface area contributed by atoms with Crippen LogP contribution in [-0.2, 0) is 20.9 Å². The maximum atomic E-state index is 12.7. The Balaban J connectivity index is 1.74. The highest BCUT2D eigenvalue weighted by atomic mass is 16.2. The van der Waals surface area contributed by atoms with Crippen LogP contribution < -0.4 is 21.9 Å². The van der Waals surface area contributed by atoms with Crippen LogP contribution in [-0.4, -0.2) is 45.8 Å². The number of likely N-dealkylation sites (tertiary alicyclic amines) is 1. The molecule has 0 aromatic carbocycles. The number of nitrogens with two attached hydrogens (primary N) is 1. The van der Waals surface area contributed by atoms with Crippen molar-refractivity contribution in [2.45, 2.75) is 45.6 Å². The molecular formula is C20H27N5O5. The molecule has 30 heavy (non-hydrogen) atoms. The molecule has 1 aliphatic heterocycles. The number of aromatic amines is 1. The number of carbonyl (C=O) groups is 3. The van der Waals surface area contributed by atoms with E-state index in [1.807, 2.05) is 19.1 Å². The van der Waals surface area contributed by atoms with Crippen LogP contribution in [0.5, 0.6) is 0 Å². The molecule has 2 heterocycles. The fraction of sp³-hybridized carbons (Fsp3) is 0.550. The molecule has 3 amide bonds. The lowest BCUT2D eigenvalue weighted by Gasteiger charge is -2.21. The van der Waals surface area contributed by atoms with Crippen LogP contribution >= 0.6 is 0 Å². The average molecular weight is 417 g/mol. The van der Waals surface area contributed by atoms with Crippen molar-refractivity contribution in [3.05, 3.63) is 33.0 Å². The van der Waals surface area contributed by atoms with Gasteiger partial charge in [0.15, 0.2) is 5.69 Å². The molecule has 0 saturated carbocycles. The Morgan fingerprint density at radius 1 is 1.13 bits per heavy atom. The van der Waals surface area contributed by atoms with Gasteiger partial charge in [-0.3, -0.25) is 33.6 Å². The van der Waals surface area contributed by atoms with E-state index in [-0.39, 0.29) is 48.1 Å². The second-order valence-corrected chi connectivity index (χ2v) is 7.68. The zero-order valence-corrected chi connectivity index (χ0v) is 17.2. The quantitative estimate of drug-likeness (QED) is 0.481. The second kappa shape index (κ2) is 8.68. The van der Waals surface area contributed by atoms with E-state index in [2.05, 4.69) is 4.98 Å². The predicted octanol–water partition coefficient (Wildman–Crippen LogP) is 0.223. The van der Waals surface area contributed by atoms with E-state index in [0.717, 1.165) is 16.2 Å². The van der Waals surface area contributed by atoms with Gasteiger partial charge in [0, 0.05) is 26.6 Å². The molecule has 3 N–H and O–H groups in total. The summed E-state index contributed by atoms with van der Waals surface area (Å²) in [5, 5.41) is 0. The van der Waals surface area contributed by atoms with Crippen LogP contribution in [0.4, 0.5) is 11.5 Å². The minimum Gasteiger partial charge on any atom is -0.383 e. The van der Waals surface area contributed by atoms with E-state index in [1.165, 1.54) is 11.6 Å². The number of amides is 3. The number of unbranched alkanes of at least 4 members (excludes halogenated alkanes) is 1. The molecule has 1 aromatic rings. The first kappa shape index (κ1) is 21.5. The van der Waals surface area contributed by atoms with E-state index >= 15 is 0 Å². The third-order valence-electron chi connectivity index (χ3n) is 5.81. The molecule has 162 valence electrons. The molecule has 0 bridgehead atoms. The molecule has 2 atom stereocenters. The van der Waals surface area contributed by atoms with E-state index in [9.17, 15) is 24.0 Å². The summed E-state index contributed by atoms with van der Waals surface area (Å²) in [6.07, 6.45) is 6.23. The summed E-state index contributed by atoms with van der Waals surface area (Å²) in [4.78, 5) is 66.5. The smallest absolute Gasteiger partial charge is 0.330 e. The summed E-state index contributed by atoms with van der Waals surface area (Å²) in [5.74, 6) is -1.78. The first-order valence-electron chi connectivity index (χ1n) is 10.2. The number of nitrogen functional groups attached to an aromatic ring is 1. The first-order chi connectivity index (χ1) is 14.3. The second-order valence-electron chi connectivity index (χ2n) is 7.68. The number of nitrogens with one attached hydrogen (secondary N) is 1. The summed E-state index contributed by atoms with van der Waals surface area (Å²) >= 11 is 0. The fourth-order valence-electron chi connectivity index (χ4n) is 4.03. The number of carbonyl (C=O) groups excluding carboxylic acids is 3. The molecule has 0 radical (unpaired) electrons. The van der Waals surface area contributed by atoms with Crippen molar-refractivity contribution in [2.24, 2.45) is 11.8 Å². The van der Waals surface area contributed by atoms with Crippen LogP contribution in [0, 0.1) is 11.8 Å². The van der Waals surface area contributed by atoms with Gasteiger partial charge < -0.3 is 10.6 Å². The number of aromatic nitrogens is 2. The monoisotopic (exact) mass is 417 g/mol. The lowest BCUT2D eigenvalue weighted by Crippen LogP contribution is -2.41. The highest BCUT2D eigenvalue weighted by Gasteiger charge is 2.47. The van der Waals surface area contributed by atoms with Crippen LogP contribution in [0.1, 0.15) is 39.0 Å². The van der Waals surface area contributed by atoms with Crippen molar-refractivity contribution in [2.75, 3.05) is 24.2 Å². The van der Waals surface area contributed by atoms with E-state index in [0.29, 0.717) is 25.8 Å². The van der Waals surface area contributed by atoms with Crippen molar-refractivity contribution in [1.29, 1.82) is 0 Å². The molecule has 1 aliphatic carbocycles. The van der Waals surface area contributed by atoms with Crippen LogP contribution in [0.25, 0.3) is 0 Å². The van der Waals surface area contributed by atoms with Gasteiger partial charge in [0.05, 0.1) is 11.8 Å². The largest absolute Gasteiger partial charge is 0.383 e. The number of anilines is 2. The molecule has 3 rings (SSSR count). The standard InChI is InChI=1S/C20H27N5O5/c1-3-4-10-24-16(21)15(17(27)22-20(24)30)23(2)14(26)9-11-25-18(28)12-7-5-6-8-13(12)19(25)29/h5-6,12-13H,3-4,7-11,21H2,1-2H3,(H,22,27,30)/t12-,13+. The van der Waals surface area contributed by atoms with E-state index in [1.54, 1.807) is 0 Å². The number of fused-ring (bicyclic) bond motifs is 1. The Kier molecular flexibility index (Phi) is 6.23. The van der Waals surface area contributed by atoms with Gasteiger partial charge in [-0.15, -0.1) is 0 Å². The van der Waals surface area contributed by atoms with Gasteiger partial charge in [0.1, 0.15) is 5.82 Å². The normalized spacial score (nSPS) is 20.5. The third-order valence-corrected chi connectivity index (χ3v) is 5.81.